The summed E-state index contributed by atoms with van der Waals surface area (Å²) in [6, 6.07) is 17.2. The minimum absolute atomic E-state index is 0.0186. The quantitative estimate of drug-likeness (QED) is 0.565. The van der Waals surface area contributed by atoms with E-state index in [1.807, 2.05) is 36.4 Å². The van der Waals surface area contributed by atoms with E-state index in [-0.39, 0.29) is 12.2 Å². The Bertz CT molecular complexity index is 1250. The summed E-state index contributed by atoms with van der Waals surface area (Å²) in [7, 11) is -3.61. The molecule has 1 atom stereocenters. The molecule has 4 rings (SSSR count). The van der Waals surface area contributed by atoms with Crippen LogP contribution in [0.3, 0.4) is 0 Å². The van der Waals surface area contributed by atoms with Gasteiger partial charge in [0.05, 0.1) is 22.3 Å². The number of carbonyl (C=O) groups is 1. The summed E-state index contributed by atoms with van der Waals surface area (Å²) in [5, 5.41) is 11.0. The van der Waals surface area contributed by atoms with Crippen LogP contribution in [-0.2, 0) is 24.3 Å². The zero-order valence-electron chi connectivity index (χ0n) is 15.8. The second-order valence-corrected chi connectivity index (χ2v) is 10.6. The van der Waals surface area contributed by atoms with Gasteiger partial charge < -0.3 is 4.74 Å². The number of nitrogens with zero attached hydrogens (tertiary/aromatic N) is 1. The third-order valence-corrected chi connectivity index (χ3v) is 8.96. The number of sulfone groups is 1. The van der Waals surface area contributed by atoms with Crippen LogP contribution < -0.4 is 0 Å². The summed E-state index contributed by atoms with van der Waals surface area (Å²) >= 11 is 1.34. The fourth-order valence-electron chi connectivity index (χ4n) is 3.81. The van der Waals surface area contributed by atoms with Crippen molar-refractivity contribution < 1.29 is 17.9 Å². The van der Waals surface area contributed by atoms with Crippen LogP contribution in [0.4, 0.5) is 0 Å². The van der Waals surface area contributed by atoms with Crippen molar-refractivity contribution in [2.75, 3.05) is 5.75 Å². The molecule has 1 aliphatic heterocycles. The van der Waals surface area contributed by atoms with Crippen molar-refractivity contribution in [3.05, 3.63) is 59.0 Å². The van der Waals surface area contributed by atoms with E-state index in [9.17, 15) is 13.2 Å². The first-order valence-electron chi connectivity index (χ1n) is 9.31. The molecule has 0 N–H and O–H groups in total. The van der Waals surface area contributed by atoms with Gasteiger partial charge in [0.15, 0.2) is 9.84 Å². The minimum atomic E-state index is -3.61. The predicted octanol–water partition coefficient (Wildman–Crippen LogP) is 4.75. The van der Waals surface area contributed by atoms with Gasteiger partial charge in [-0.15, -0.1) is 11.3 Å². The maximum absolute atomic E-state index is 12.9. The van der Waals surface area contributed by atoms with Gasteiger partial charge in [-0.25, -0.2) is 8.42 Å². The van der Waals surface area contributed by atoms with E-state index in [1.54, 1.807) is 12.1 Å². The van der Waals surface area contributed by atoms with Crippen LogP contribution >= 0.6 is 11.3 Å². The molecular weight excluding hydrogens is 406 g/mol. The molecule has 1 fully saturated rings. The topological polar surface area (TPSA) is 84.2 Å². The fraction of sp³-hybridized carbons (Fsp3) is 0.273. The highest BCUT2D eigenvalue weighted by atomic mass is 32.2. The Balaban J connectivity index is 1.78. The highest BCUT2D eigenvalue weighted by molar-refractivity contribution is 7.92. The van der Waals surface area contributed by atoms with Crippen LogP contribution in [0.2, 0.25) is 0 Å². The van der Waals surface area contributed by atoms with Gasteiger partial charge in [-0.1, -0.05) is 18.2 Å². The Morgan fingerprint density at radius 2 is 1.86 bits per heavy atom. The van der Waals surface area contributed by atoms with Crippen molar-refractivity contribution in [2.45, 2.75) is 31.1 Å². The lowest BCUT2D eigenvalue weighted by atomic mass is 10.0. The first kappa shape index (κ1) is 19.6. The Hall–Kier alpha value is -2.69. The molecule has 5 nitrogen and oxygen atoms in total. The predicted molar refractivity (Wildman–Crippen MR) is 113 cm³/mol. The summed E-state index contributed by atoms with van der Waals surface area (Å²) in [5.74, 6) is -0.575. The number of benzene rings is 2. The van der Waals surface area contributed by atoms with Crippen molar-refractivity contribution in [1.29, 1.82) is 5.26 Å². The molecular formula is C22H19NO4S2. The first-order valence-corrected chi connectivity index (χ1v) is 11.8. The fourth-order valence-corrected chi connectivity index (χ4v) is 7.36. The highest BCUT2D eigenvalue weighted by Gasteiger charge is 2.51. The third kappa shape index (κ3) is 3.43. The molecule has 1 saturated heterocycles. The number of nitriles is 1. The van der Waals surface area contributed by atoms with Crippen LogP contribution in [-0.4, -0.2) is 20.1 Å². The van der Waals surface area contributed by atoms with Crippen LogP contribution in [0.5, 0.6) is 0 Å². The Kier molecular flexibility index (Phi) is 4.93. The summed E-state index contributed by atoms with van der Waals surface area (Å²) in [4.78, 5) is 11.6. The number of carbonyl (C=O) groups excluding carboxylic acids is 1. The molecule has 0 radical (unpaired) electrons. The van der Waals surface area contributed by atoms with E-state index < -0.39 is 20.7 Å². The van der Waals surface area contributed by atoms with Gasteiger partial charge in [-0.05, 0) is 59.5 Å². The molecule has 0 spiro atoms. The molecule has 1 aliphatic rings. The summed E-state index contributed by atoms with van der Waals surface area (Å²) in [5.41, 5.74) is 1.55. The van der Waals surface area contributed by atoms with Gasteiger partial charge in [0.1, 0.15) is 0 Å². The maximum atomic E-state index is 12.9. The molecule has 0 unspecified atom stereocenters. The SMILES string of the molecule is CC(=O)O[C@@]1(c2ccc(-c3ccc4cc(C#N)ccc4c3)s2)CCCCS1(=O)=O. The molecule has 29 heavy (non-hydrogen) atoms. The molecule has 1 aromatic heterocycles. The molecule has 0 bridgehead atoms. The van der Waals surface area contributed by atoms with E-state index in [1.165, 1.54) is 18.3 Å². The second kappa shape index (κ2) is 7.29. The van der Waals surface area contributed by atoms with Crippen molar-refractivity contribution in [3.63, 3.8) is 0 Å². The third-order valence-electron chi connectivity index (χ3n) is 5.22. The van der Waals surface area contributed by atoms with Crippen LogP contribution in [0, 0.1) is 11.3 Å². The monoisotopic (exact) mass is 425 g/mol. The van der Waals surface area contributed by atoms with E-state index >= 15 is 0 Å². The van der Waals surface area contributed by atoms with Gasteiger partial charge in [-0.3, -0.25) is 4.79 Å². The molecule has 2 aromatic carbocycles. The number of rotatable bonds is 3. The number of fused-ring (bicyclic) bond motifs is 1. The van der Waals surface area contributed by atoms with Crippen LogP contribution in [0.25, 0.3) is 21.2 Å². The summed E-state index contributed by atoms with van der Waals surface area (Å²) in [6.07, 6.45) is 1.55. The Labute approximate surface area is 173 Å². The Morgan fingerprint density at radius 1 is 1.10 bits per heavy atom. The van der Waals surface area contributed by atoms with Gasteiger partial charge >= 0.3 is 5.97 Å². The van der Waals surface area contributed by atoms with Gasteiger partial charge in [0, 0.05) is 18.2 Å². The van der Waals surface area contributed by atoms with E-state index in [4.69, 9.17) is 10.00 Å². The average Bonchev–Trinajstić information content (AvgIpc) is 3.19. The van der Waals surface area contributed by atoms with E-state index in [0.29, 0.717) is 23.3 Å². The van der Waals surface area contributed by atoms with E-state index in [2.05, 4.69) is 6.07 Å². The zero-order valence-corrected chi connectivity index (χ0v) is 17.5. The summed E-state index contributed by atoms with van der Waals surface area (Å²) < 4.78 is 31.3. The smallest absolute Gasteiger partial charge is 0.304 e. The van der Waals surface area contributed by atoms with Crippen molar-refractivity contribution in [1.82, 2.24) is 0 Å². The standard InChI is InChI=1S/C22H19NO4S2/c1-15(24)27-22(10-2-3-11-29(22,25)26)21-9-8-20(28-21)19-7-6-17-12-16(14-23)4-5-18(17)13-19/h4-9,12-13H,2-3,10-11H2,1H3/t22-/m0/s1. The molecule has 2 heterocycles. The minimum Gasteiger partial charge on any atom is -0.437 e. The largest absolute Gasteiger partial charge is 0.437 e. The number of hydrogen-bond donors (Lipinski definition) is 0. The van der Waals surface area contributed by atoms with Crippen LogP contribution in [0.1, 0.15) is 36.6 Å². The van der Waals surface area contributed by atoms with E-state index in [0.717, 1.165) is 21.2 Å². The highest BCUT2D eigenvalue weighted by Crippen LogP contribution is 2.46. The summed E-state index contributed by atoms with van der Waals surface area (Å²) in [6.45, 7) is 1.25. The van der Waals surface area contributed by atoms with Gasteiger partial charge in [0.2, 0.25) is 4.93 Å². The van der Waals surface area contributed by atoms with Crippen molar-refractivity contribution in [2.24, 2.45) is 0 Å². The number of thiophene rings is 1. The number of hydrogen-bond acceptors (Lipinski definition) is 6. The maximum Gasteiger partial charge on any atom is 0.304 e. The zero-order chi connectivity index (χ0) is 20.6. The average molecular weight is 426 g/mol. The second-order valence-electron chi connectivity index (χ2n) is 7.17. The lowest BCUT2D eigenvalue weighted by Gasteiger charge is -2.34. The molecule has 3 aromatic rings. The number of esters is 1. The molecule has 0 amide bonds. The van der Waals surface area contributed by atoms with Gasteiger partial charge in [-0.2, -0.15) is 5.26 Å². The Morgan fingerprint density at radius 3 is 2.59 bits per heavy atom. The lowest BCUT2D eigenvalue weighted by molar-refractivity contribution is -0.150. The molecule has 0 saturated carbocycles. The van der Waals surface area contributed by atoms with Crippen molar-refractivity contribution >= 4 is 37.9 Å². The number of ether oxygens (including phenoxy) is 1. The lowest BCUT2D eigenvalue weighted by Crippen LogP contribution is -2.43. The van der Waals surface area contributed by atoms with Crippen molar-refractivity contribution in [3.8, 4) is 16.5 Å². The molecule has 148 valence electrons. The molecule has 0 aliphatic carbocycles. The van der Waals surface area contributed by atoms with Crippen LogP contribution in [0.15, 0.2) is 48.5 Å². The molecule has 7 heteroatoms. The first-order chi connectivity index (χ1) is 13.8. The van der Waals surface area contributed by atoms with Gasteiger partial charge in [0.25, 0.3) is 0 Å². The normalized spacial score (nSPS) is 20.8.